The molecule has 0 bridgehead atoms. The second kappa shape index (κ2) is 6.77. The zero-order chi connectivity index (χ0) is 15.3. The molecular weight excluding hydrogens is 258 g/mol. The Hall–Kier alpha value is -1.80. The number of phenols is 1. The summed E-state index contributed by atoms with van der Waals surface area (Å²) in [6, 6.07) is 18.5. The van der Waals surface area contributed by atoms with E-state index in [2.05, 4.69) is 56.4 Å². The van der Waals surface area contributed by atoms with Gasteiger partial charge < -0.3 is 10.4 Å². The van der Waals surface area contributed by atoms with Crippen LogP contribution in [0.25, 0.3) is 0 Å². The molecule has 2 aromatic rings. The predicted molar refractivity (Wildman–Crippen MR) is 88.7 cm³/mol. The molecule has 0 saturated heterocycles. The lowest BCUT2D eigenvalue weighted by atomic mass is 9.84. The van der Waals surface area contributed by atoms with Gasteiger partial charge in [-0.15, -0.1) is 0 Å². The van der Waals surface area contributed by atoms with Gasteiger partial charge in [0, 0.05) is 18.0 Å². The summed E-state index contributed by atoms with van der Waals surface area (Å²) in [7, 11) is 0. The molecule has 0 saturated carbocycles. The molecule has 2 heteroatoms. The molecule has 1 unspecified atom stereocenters. The Morgan fingerprint density at radius 1 is 1.00 bits per heavy atom. The van der Waals surface area contributed by atoms with E-state index in [4.69, 9.17) is 0 Å². The lowest BCUT2D eigenvalue weighted by Crippen LogP contribution is -2.38. The third-order valence-electron chi connectivity index (χ3n) is 3.93. The molecule has 1 atom stereocenters. The number of benzene rings is 2. The highest BCUT2D eigenvalue weighted by molar-refractivity contribution is 5.26. The molecule has 112 valence electrons. The van der Waals surface area contributed by atoms with E-state index in [0.717, 1.165) is 13.0 Å². The summed E-state index contributed by atoms with van der Waals surface area (Å²) in [5.74, 6) is 0.324. The zero-order valence-corrected chi connectivity index (χ0v) is 13.1. The van der Waals surface area contributed by atoms with Crippen molar-refractivity contribution >= 4 is 0 Å². The van der Waals surface area contributed by atoms with Crippen LogP contribution in [0.15, 0.2) is 54.6 Å². The fourth-order valence-corrected chi connectivity index (χ4v) is 2.48. The maximum absolute atomic E-state index is 9.31. The fourth-order valence-electron chi connectivity index (χ4n) is 2.48. The molecule has 0 aliphatic heterocycles. The first-order valence-electron chi connectivity index (χ1n) is 7.54. The Morgan fingerprint density at radius 2 is 1.62 bits per heavy atom. The van der Waals surface area contributed by atoms with E-state index in [1.54, 1.807) is 12.1 Å². The number of phenolic OH excluding ortho intramolecular Hbond substituents is 1. The van der Waals surface area contributed by atoms with Crippen molar-refractivity contribution in [2.24, 2.45) is 0 Å². The van der Waals surface area contributed by atoms with E-state index in [9.17, 15) is 5.11 Å². The van der Waals surface area contributed by atoms with E-state index >= 15 is 0 Å². The molecule has 0 spiro atoms. The van der Waals surface area contributed by atoms with E-state index in [1.807, 2.05) is 12.1 Å². The molecule has 0 radical (unpaired) electrons. The molecule has 21 heavy (non-hydrogen) atoms. The lowest BCUT2D eigenvalue weighted by Gasteiger charge is -2.28. The van der Waals surface area contributed by atoms with Crippen LogP contribution in [-0.2, 0) is 11.8 Å². The molecule has 0 aromatic heterocycles. The monoisotopic (exact) mass is 283 g/mol. The number of aromatic hydroxyl groups is 1. The van der Waals surface area contributed by atoms with Crippen LogP contribution in [0.5, 0.6) is 5.75 Å². The van der Waals surface area contributed by atoms with E-state index in [-0.39, 0.29) is 5.41 Å². The molecule has 0 heterocycles. The van der Waals surface area contributed by atoms with Gasteiger partial charge in [0.1, 0.15) is 5.75 Å². The van der Waals surface area contributed by atoms with Gasteiger partial charge in [-0.25, -0.2) is 0 Å². The average molecular weight is 283 g/mol. The highest BCUT2D eigenvalue weighted by Crippen LogP contribution is 2.22. The predicted octanol–water partition coefficient (Wildman–Crippen LogP) is 3.89. The Bertz CT molecular complexity index is 546. The third-order valence-corrected chi connectivity index (χ3v) is 3.93. The van der Waals surface area contributed by atoms with Crippen LogP contribution >= 0.6 is 0 Å². The van der Waals surface area contributed by atoms with Crippen molar-refractivity contribution in [3.63, 3.8) is 0 Å². The van der Waals surface area contributed by atoms with Crippen LogP contribution in [0.1, 0.15) is 31.9 Å². The second-order valence-electron chi connectivity index (χ2n) is 6.40. The number of rotatable bonds is 6. The SMILES string of the molecule is CC(Cc1ccc(O)cc1)NCC(C)(C)c1ccccc1. The number of hydrogen-bond donors (Lipinski definition) is 2. The van der Waals surface area contributed by atoms with Gasteiger partial charge >= 0.3 is 0 Å². The molecular formula is C19H25NO. The Labute approximate surface area is 127 Å². The molecule has 0 amide bonds. The van der Waals surface area contributed by atoms with Gasteiger partial charge in [0.05, 0.1) is 0 Å². The lowest BCUT2D eigenvalue weighted by molar-refractivity contribution is 0.427. The Balaban J connectivity index is 1.88. The number of nitrogens with one attached hydrogen (secondary N) is 1. The molecule has 2 aromatic carbocycles. The van der Waals surface area contributed by atoms with Crippen molar-refractivity contribution in [2.75, 3.05) is 6.54 Å². The minimum absolute atomic E-state index is 0.116. The van der Waals surface area contributed by atoms with Crippen molar-refractivity contribution in [2.45, 2.75) is 38.6 Å². The summed E-state index contributed by atoms with van der Waals surface area (Å²) >= 11 is 0. The highest BCUT2D eigenvalue weighted by atomic mass is 16.3. The molecule has 0 fully saturated rings. The van der Waals surface area contributed by atoms with Gasteiger partial charge in [0.25, 0.3) is 0 Å². The molecule has 0 aliphatic rings. The van der Waals surface area contributed by atoms with Gasteiger partial charge in [0.15, 0.2) is 0 Å². The van der Waals surface area contributed by atoms with E-state index in [1.165, 1.54) is 11.1 Å². The minimum atomic E-state index is 0.116. The van der Waals surface area contributed by atoms with Crippen molar-refractivity contribution in [1.29, 1.82) is 0 Å². The van der Waals surface area contributed by atoms with Crippen molar-refractivity contribution in [3.8, 4) is 5.75 Å². The maximum atomic E-state index is 9.31. The quantitative estimate of drug-likeness (QED) is 0.843. The first kappa shape index (κ1) is 15.6. The first-order chi connectivity index (χ1) is 9.97. The van der Waals surface area contributed by atoms with Crippen molar-refractivity contribution in [3.05, 3.63) is 65.7 Å². The van der Waals surface area contributed by atoms with Crippen LogP contribution in [0.4, 0.5) is 0 Å². The normalized spacial score (nSPS) is 13.1. The van der Waals surface area contributed by atoms with Crippen LogP contribution in [-0.4, -0.2) is 17.7 Å². The van der Waals surface area contributed by atoms with Gasteiger partial charge in [-0.2, -0.15) is 0 Å². The Morgan fingerprint density at radius 3 is 2.24 bits per heavy atom. The van der Waals surface area contributed by atoms with Crippen LogP contribution in [0.3, 0.4) is 0 Å². The summed E-state index contributed by atoms with van der Waals surface area (Å²) in [4.78, 5) is 0. The summed E-state index contributed by atoms with van der Waals surface area (Å²) in [6.07, 6.45) is 0.963. The fraction of sp³-hybridized carbons (Fsp3) is 0.368. The van der Waals surface area contributed by atoms with Gasteiger partial charge in [-0.05, 0) is 36.6 Å². The maximum Gasteiger partial charge on any atom is 0.115 e. The standard InChI is InChI=1S/C19H25NO/c1-15(13-16-9-11-18(21)12-10-16)20-14-19(2,3)17-7-5-4-6-8-17/h4-12,15,20-21H,13-14H2,1-3H3. The van der Waals surface area contributed by atoms with Crippen LogP contribution < -0.4 is 5.32 Å². The van der Waals surface area contributed by atoms with E-state index in [0.29, 0.717) is 11.8 Å². The molecule has 2 nitrogen and oxygen atoms in total. The summed E-state index contributed by atoms with van der Waals surface area (Å²) in [6.45, 7) is 7.68. The van der Waals surface area contributed by atoms with Crippen molar-refractivity contribution < 1.29 is 5.11 Å². The van der Waals surface area contributed by atoms with Gasteiger partial charge in [-0.3, -0.25) is 0 Å². The molecule has 2 rings (SSSR count). The van der Waals surface area contributed by atoms with Crippen molar-refractivity contribution in [1.82, 2.24) is 5.32 Å². The topological polar surface area (TPSA) is 32.3 Å². The largest absolute Gasteiger partial charge is 0.508 e. The molecule has 0 aliphatic carbocycles. The van der Waals surface area contributed by atoms with Gasteiger partial charge in [0.2, 0.25) is 0 Å². The highest BCUT2D eigenvalue weighted by Gasteiger charge is 2.20. The first-order valence-corrected chi connectivity index (χ1v) is 7.54. The summed E-state index contributed by atoms with van der Waals surface area (Å²) < 4.78 is 0. The van der Waals surface area contributed by atoms with Crippen LogP contribution in [0, 0.1) is 0 Å². The smallest absolute Gasteiger partial charge is 0.115 e. The Kier molecular flexibility index (Phi) is 5.03. The minimum Gasteiger partial charge on any atom is -0.508 e. The third kappa shape index (κ3) is 4.61. The molecule has 2 N–H and O–H groups in total. The summed E-state index contributed by atoms with van der Waals surface area (Å²) in [5.41, 5.74) is 2.71. The zero-order valence-electron chi connectivity index (χ0n) is 13.1. The van der Waals surface area contributed by atoms with E-state index < -0.39 is 0 Å². The summed E-state index contributed by atoms with van der Waals surface area (Å²) in [5, 5.41) is 12.9. The average Bonchev–Trinajstić information content (AvgIpc) is 2.49. The number of hydrogen-bond acceptors (Lipinski definition) is 2. The van der Waals surface area contributed by atoms with Crippen LogP contribution in [0.2, 0.25) is 0 Å². The second-order valence-corrected chi connectivity index (χ2v) is 6.40. The van der Waals surface area contributed by atoms with Gasteiger partial charge in [-0.1, -0.05) is 56.3 Å².